The number of fused-ring (bicyclic) bond motifs is 4. The lowest BCUT2D eigenvalue weighted by Crippen LogP contribution is -2.57. The molecule has 0 N–H and O–H groups in total. The largest absolute Gasteiger partial charge is 0.367 e. The van der Waals surface area contributed by atoms with Crippen molar-refractivity contribution in [1.82, 2.24) is 4.98 Å². The number of carbonyl (C=O) groups is 1. The summed E-state index contributed by atoms with van der Waals surface area (Å²) in [5, 5.41) is 0.962. The van der Waals surface area contributed by atoms with Crippen molar-refractivity contribution in [3.05, 3.63) is 95.0 Å². The van der Waals surface area contributed by atoms with Crippen molar-refractivity contribution >= 4 is 33.0 Å². The third kappa shape index (κ3) is 2.50. The van der Waals surface area contributed by atoms with Gasteiger partial charge in [-0.3, -0.25) is 4.79 Å². The highest BCUT2D eigenvalue weighted by Gasteiger charge is 2.56. The van der Waals surface area contributed by atoms with Crippen LogP contribution in [-0.4, -0.2) is 23.4 Å². The van der Waals surface area contributed by atoms with Crippen molar-refractivity contribution < 1.29 is 4.79 Å². The maximum absolute atomic E-state index is 14.3. The molecule has 0 aliphatic carbocycles. The van der Waals surface area contributed by atoms with Crippen LogP contribution in [0.15, 0.2) is 78.9 Å². The van der Waals surface area contributed by atoms with Gasteiger partial charge in [-0.2, -0.15) is 0 Å². The van der Waals surface area contributed by atoms with Crippen LogP contribution in [-0.2, 0) is 11.8 Å². The van der Waals surface area contributed by atoms with Gasteiger partial charge in [0.2, 0.25) is 0 Å². The van der Waals surface area contributed by atoms with E-state index in [2.05, 4.69) is 41.3 Å². The number of aromatic nitrogens is 1. The van der Waals surface area contributed by atoms with Crippen molar-refractivity contribution in [3.8, 4) is 0 Å². The predicted molar refractivity (Wildman–Crippen MR) is 123 cm³/mol. The zero-order valence-electron chi connectivity index (χ0n) is 16.6. The minimum Gasteiger partial charge on any atom is -0.367 e. The molecule has 0 bridgehead atoms. The van der Waals surface area contributed by atoms with Crippen LogP contribution in [0, 0.1) is 0 Å². The Morgan fingerprint density at radius 3 is 2.60 bits per heavy atom. The summed E-state index contributed by atoms with van der Waals surface area (Å²) in [6.07, 6.45) is 2.83. The first-order chi connectivity index (χ1) is 14.8. The Hall–Kier alpha value is -2.98. The number of ketones is 1. The van der Waals surface area contributed by atoms with E-state index in [4.69, 9.17) is 4.98 Å². The highest BCUT2D eigenvalue weighted by molar-refractivity contribution is 7.18. The van der Waals surface area contributed by atoms with Crippen LogP contribution in [0.1, 0.15) is 33.8 Å². The van der Waals surface area contributed by atoms with E-state index in [9.17, 15) is 4.79 Å². The van der Waals surface area contributed by atoms with Gasteiger partial charge in [-0.1, -0.05) is 60.7 Å². The molecule has 6 rings (SSSR count). The number of thiazole rings is 1. The van der Waals surface area contributed by atoms with Crippen molar-refractivity contribution in [3.63, 3.8) is 0 Å². The Bertz CT molecular complexity index is 1220. The molecule has 0 radical (unpaired) electrons. The van der Waals surface area contributed by atoms with E-state index >= 15 is 0 Å². The molecule has 1 fully saturated rings. The first-order valence-electron chi connectivity index (χ1n) is 10.6. The molecule has 0 spiro atoms. The summed E-state index contributed by atoms with van der Waals surface area (Å²) in [5.41, 5.74) is 3.65. The summed E-state index contributed by atoms with van der Waals surface area (Å²) in [6.45, 7) is 0.996. The van der Waals surface area contributed by atoms with E-state index in [1.54, 1.807) is 11.3 Å². The van der Waals surface area contributed by atoms with Gasteiger partial charge >= 0.3 is 0 Å². The monoisotopic (exact) mass is 410 g/mol. The molecule has 3 nitrogen and oxygen atoms in total. The van der Waals surface area contributed by atoms with E-state index < -0.39 is 5.41 Å². The molecule has 2 aliphatic rings. The molecule has 3 heterocycles. The Labute approximate surface area is 180 Å². The summed E-state index contributed by atoms with van der Waals surface area (Å²) in [5.74, 6) is 0.202. The van der Waals surface area contributed by atoms with Crippen LogP contribution in [0.2, 0.25) is 0 Å². The summed E-state index contributed by atoms with van der Waals surface area (Å²) in [4.78, 5) is 21.8. The maximum Gasteiger partial charge on any atom is 0.178 e. The molecule has 4 aromatic rings. The topological polar surface area (TPSA) is 33.2 Å². The first-order valence-corrected chi connectivity index (χ1v) is 11.4. The van der Waals surface area contributed by atoms with Crippen molar-refractivity contribution in [1.29, 1.82) is 0 Å². The fourth-order valence-corrected chi connectivity index (χ4v) is 6.58. The summed E-state index contributed by atoms with van der Waals surface area (Å²) >= 11 is 1.69. The van der Waals surface area contributed by atoms with Gasteiger partial charge in [0.15, 0.2) is 5.78 Å². The number of anilines is 1. The van der Waals surface area contributed by atoms with E-state index in [1.165, 1.54) is 11.3 Å². The highest BCUT2D eigenvalue weighted by Crippen LogP contribution is 2.50. The highest BCUT2D eigenvalue weighted by atomic mass is 32.1. The van der Waals surface area contributed by atoms with Crippen LogP contribution < -0.4 is 4.90 Å². The van der Waals surface area contributed by atoms with Crippen LogP contribution in [0.25, 0.3) is 10.2 Å². The number of benzene rings is 3. The Morgan fingerprint density at radius 2 is 1.73 bits per heavy atom. The minimum absolute atomic E-state index is 0.140. The standard InChI is InChI=1S/C26H22N2OS/c29-24(18-9-2-1-3-10-18)26(25-27-20-12-5-7-14-22(20)30-25)17-19-11-4-6-13-21(19)28-16-8-15-23(26)28/h1-7,9-14,23H,8,15-17H2/t23-,26+/m0/s1. The van der Waals surface area contributed by atoms with Crippen molar-refractivity contribution in [2.24, 2.45) is 0 Å². The average Bonchev–Trinajstić information content (AvgIpc) is 3.46. The van der Waals surface area contributed by atoms with Gasteiger partial charge in [-0.25, -0.2) is 4.98 Å². The lowest BCUT2D eigenvalue weighted by Gasteiger charge is -2.46. The molecule has 30 heavy (non-hydrogen) atoms. The molecule has 0 saturated carbocycles. The molecule has 1 saturated heterocycles. The zero-order chi connectivity index (χ0) is 20.1. The van der Waals surface area contributed by atoms with E-state index in [0.29, 0.717) is 6.42 Å². The van der Waals surface area contributed by atoms with Gasteiger partial charge in [0.25, 0.3) is 0 Å². The molecule has 4 heteroatoms. The van der Waals surface area contributed by atoms with Gasteiger partial charge in [-0.05, 0) is 43.0 Å². The van der Waals surface area contributed by atoms with Gasteiger partial charge < -0.3 is 4.90 Å². The first kappa shape index (κ1) is 17.8. The van der Waals surface area contributed by atoms with Gasteiger partial charge in [-0.15, -0.1) is 11.3 Å². The van der Waals surface area contributed by atoms with Crippen LogP contribution >= 0.6 is 11.3 Å². The van der Waals surface area contributed by atoms with Crippen LogP contribution in [0.3, 0.4) is 0 Å². The molecule has 0 amide bonds. The smallest absolute Gasteiger partial charge is 0.178 e. The SMILES string of the molecule is O=C(c1ccccc1)[C@@]1(c2nc3ccccc3s2)Cc2ccccc2N2CCC[C@H]21. The fourth-order valence-electron chi connectivity index (χ4n) is 5.38. The number of para-hydroxylation sites is 2. The molecule has 148 valence electrons. The quantitative estimate of drug-likeness (QED) is 0.410. The number of nitrogens with zero attached hydrogens (tertiary/aromatic N) is 2. The van der Waals surface area contributed by atoms with Crippen molar-refractivity contribution in [2.45, 2.75) is 30.7 Å². The van der Waals surface area contributed by atoms with Crippen LogP contribution in [0.5, 0.6) is 0 Å². The van der Waals surface area contributed by atoms with Crippen molar-refractivity contribution in [2.75, 3.05) is 11.4 Å². The number of hydrogen-bond donors (Lipinski definition) is 0. The zero-order valence-corrected chi connectivity index (χ0v) is 17.4. The second kappa shape index (κ2) is 6.78. The summed E-state index contributed by atoms with van der Waals surface area (Å²) in [6, 6.07) is 26.8. The predicted octanol–water partition coefficient (Wildman–Crippen LogP) is 5.64. The average molecular weight is 411 g/mol. The van der Waals surface area contributed by atoms with Crippen LogP contribution in [0.4, 0.5) is 5.69 Å². The molecule has 2 aliphatic heterocycles. The normalized spacial score (nSPS) is 22.7. The summed E-state index contributed by atoms with van der Waals surface area (Å²) in [7, 11) is 0. The van der Waals surface area contributed by atoms with Gasteiger partial charge in [0.05, 0.1) is 10.2 Å². The molecular formula is C26H22N2OS. The molecule has 3 aromatic carbocycles. The Morgan fingerprint density at radius 1 is 0.967 bits per heavy atom. The van der Waals surface area contributed by atoms with Gasteiger partial charge in [0, 0.05) is 23.8 Å². The lowest BCUT2D eigenvalue weighted by atomic mass is 9.67. The third-order valence-corrected chi connectivity index (χ3v) is 7.92. The second-order valence-corrected chi connectivity index (χ2v) is 9.34. The Kier molecular flexibility index (Phi) is 4.03. The second-order valence-electron chi connectivity index (χ2n) is 8.31. The van der Waals surface area contributed by atoms with Gasteiger partial charge in [0.1, 0.15) is 10.4 Å². The molecular weight excluding hydrogens is 388 g/mol. The molecule has 1 aromatic heterocycles. The fraction of sp³-hybridized carbons (Fsp3) is 0.231. The Balaban J connectivity index is 1.63. The maximum atomic E-state index is 14.3. The number of hydrogen-bond acceptors (Lipinski definition) is 4. The number of rotatable bonds is 3. The molecule has 2 atom stereocenters. The minimum atomic E-state index is -0.657. The lowest BCUT2D eigenvalue weighted by molar-refractivity contribution is 0.0849. The molecule has 0 unspecified atom stereocenters. The third-order valence-electron chi connectivity index (χ3n) is 6.71. The number of carbonyl (C=O) groups excluding carboxylic acids is 1. The van der Waals surface area contributed by atoms with E-state index in [0.717, 1.165) is 40.2 Å². The van der Waals surface area contributed by atoms with E-state index in [-0.39, 0.29) is 11.8 Å². The number of Topliss-reactive ketones (excluding diaryl/α,β-unsaturated/α-hetero) is 1. The van der Waals surface area contributed by atoms with E-state index in [1.807, 2.05) is 42.5 Å². The summed E-state index contributed by atoms with van der Waals surface area (Å²) < 4.78 is 1.15.